The molecule has 5 atom stereocenters. The van der Waals surface area contributed by atoms with E-state index in [0.717, 1.165) is 30.6 Å². The van der Waals surface area contributed by atoms with Crippen LogP contribution >= 0.6 is 0 Å². The average Bonchev–Trinajstić information content (AvgIpc) is 3.29. The second-order valence-corrected chi connectivity index (χ2v) is 10.1. The Kier molecular flexibility index (Phi) is 5.41. The first-order valence-electron chi connectivity index (χ1n) is 11.9. The molecule has 4 unspecified atom stereocenters. The lowest BCUT2D eigenvalue weighted by molar-refractivity contribution is -0.136. The lowest BCUT2D eigenvalue weighted by Crippen LogP contribution is -2.49. The van der Waals surface area contributed by atoms with Gasteiger partial charge in [-0.15, -0.1) is 0 Å². The third-order valence-corrected chi connectivity index (χ3v) is 8.78. The number of methoxy groups -OCH3 is 1. The van der Waals surface area contributed by atoms with Gasteiger partial charge < -0.3 is 10.1 Å². The zero-order valence-electron chi connectivity index (χ0n) is 18.7. The van der Waals surface area contributed by atoms with E-state index in [9.17, 15) is 9.59 Å². The van der Waals surface area contributed by atoms with Crippen molar-refractivity contribution < 1.29 is 14.3 Å². The Hall–Kier alpha value is -2.14. The molecule has 5 rings (SSSR count). The number of carbonyl (C=O) groups is 2. The van der Waals surface area contributed by atoms with Crippen molar-refractivity contribution in [3.05, 3.63) is 41.5 Å². The van der Waals surface area contributed by atoms with E-state index in [-0.39, 0.29) is 11.8 Å². The molecule has 1 aromatic carbocycles. The molecule has 0 aromatic heterocycles. The largest absolute Gasteiger partial charge is 0.497 e. The van der Waals surface area contributed by atoms with Crippen LogP contribution in [0, 0.1) is 17.3 Å². The molecule has 3 aliphatic carbocycles. The van der Waals surface area contributed by atoms with Crippen molar-refractivity contribution in [2.24, 2.45) is 17.3 Å². The number of benzene rings is 1. The van der Waals surface area contributed by atoms with Gasteiger partial charge in [0.05, 0.1) is 7.11 Å². The van der Waals surface area contributed by atoms with Gasteiger partial charge >= 0.3 is 0 Å². The van der Waals surface area contributed by atoms with Gasteiger partial charge in [0.1, 0.15) is 5.75 Å². The van der Waals surface area contributed by atoms with E-state index in [4.69, 9.17) is 4.74 Å². The molecule has 5 heteroatoms. The summed E-state index contributed by atoms with van der Waals surface area (Å²) in [6, 6.07) is 7.26. The first-order chi connectivity index (χ1) is 15.0. The van der Waals surface area contributed by atoms with Crippen LogP contribution in [0.15, 0.2) is 30.4 Å². The van der Waals surface area contributed by atoms with Crippen molar-refractivity contribution >= 4 is 11.8 Å². The zero-order valence-corrected chi connectivity index (χ0v) is 18.7. The molecule has 2 amide bonds. The quantitative estimate of drug-likeness (QED) is 0.559. The highest BCUT2D eigenvalue weighted by Gasteiger charge is 2.54. The number of rotatable bonds is 6. The number of hydrogen-bond acceptors (Lipinski definition) is 4. The van der Waals surface area contributed by atoms with Crippen LogP contribution in [0.25, 0.3) is 0 Å². The van der Waals surface area contributed by atoms with Crippen LogP contribution in [0.1, 0.15) is 62.5 Å². The summed E-state index contributed by atoms with van der Waals surface area (Å²) in [4.78, 5) is 24.8. The van der Waals surface area contributed by atoms with E-state index in [1.807, 2.05) is 0 Å². The summed E-state index contributed by atoms with van der Waals surface area (Å²) in [7, 11) is 1.75. The molecule has 1 N–H and O–H groups in total. The van der Waals surface area contributed by atoms with E-state index < -0.39 is 0 Å². The van der Waals surface area contributed by atoms with Crippen LogP contribution in [0.5, 0.6) is 5.75 Å². The van der Waals surface area contributed by atoms with Gasteiger partial charge in [-0.1, -0.05) is 13.0 Å². The maximum Gasteiger partial charge on any atom is 0.253 e. The van der Waals surface area contributed by atoms with Crippen molar-refractivity contribution in [3.63, 3.8) is 0 Å². The van der Waals surface area contributed by atoms with Crippen LogP contribution in [0.4, 0.5) is 0 Å². The Morgan fingerprint density at radius 2 is 1.94 bits per heavy atom. The smallest absolute Gasteiger partial charge is 0.253 e. The maximum atomic E-state index is 11.7. The van der Waals surface area contributed by atoms with Crippen LogP contribution in [0.2, 0.25) is 0 Å². The number of ether oxygens (including phenoxy) is 1. The monoisotopic (exact) mass is 422 g/mol. The molecule has 1 aromatic rings. The number of aryl methyl sites for hydroxylation is 1. The van der Waals surface area contributed by atoms with E-state index in [2.05, 4.69) is 30.4 Å². The fourth-order valence-electron chi connectivity index (χ4n) is 7.19. The molecule has 0 radical (unpaired) electrons. The minimum absolute atomic E-state index is 0.175. The van der Waals surface area contributed by atoms with Gasteiger partial charge in [0.25, 0.3) is 11.8 Å². The molecule has 1 heterocycles. The highest BCUT2D eigenvalue weighted by Crippen LogP contribution is 2.60. The standard InChI is InChI=1S/C26H34N2O3/c1-26-13-12-20-19-7-5-18(31-2)16-17(19)4-6-21(20)22(26)8-9-23(26)27-14-3-15-28-24(29)10-11-25(28)30/h5,7,10-11,16,20-23,27H,3-4,6,8-9,12-15H2,1-2H3/t20?,21?,22?,23?,26-/m0/s1. The van der Waals surface area contributed by atoms with E-state index >= 15 is 0 Å². The average molecular weight is 423 g/mol. The van der Waals surface area contributed by atoms with Crippen LogP contribution in [-0.2, 0) is 16.0 Å². The Morgan fingerprint density at radius 1 is 1.13 bits per heavy atom. The molecule has 31 heavy (non-hydrogen) atoms. The lowest BCUT2D eigenvalue weighted by Gasteiger charge is -2.51. The van der Waals surface area contributed by atoms with Crippen LogP contribution < -0.4 is 10.1 Å². The van der Waals surface area contributed by atoms with Gasteiger partial charge in [-0.05, 0) is 97.9 Å². The summed E-state index contributed by atoms with van der Waals surface area (Å²) in [5.74, 6) is 2.90. The Labute approximate surface area is 185 Å². The van der Waals surface area contributed by atoms with Gasteiger partial charge in [0, 0.05) is 24.7 Å². The summed E-state index contributed by atoms with van der Waals surface area (Å²) in [5.41, 5.74) is 3.42. The molecule has 0 saturated heterocycles. The fraction of sp³-hybridized carbons (Fsp3) is 0.615. The molecule has 0 bridgehead atoms. The van der Waals surface area contributed by atoms with Crippen molar-refractivity contribution in [1.29, 1.82) is 0 Å². The number of carbonyl (C=O) groups excluding carboxylic acids is 2. The fourth-order valence-corrected chi connectivity index (χ4v) is 7.19. The first-order valence-corrected chi connectivity index (χ1v) is 11.9. The molecule has 166 valence electrons. The van der Waals surface area contributed by atoms with Crippen molar-refractivity contribution in [1.82, 2.24) is 10.2 Å². The van der Waals surface area contributed by atoms with E-state index in [0.29, 0.717) is 23.9 Å². The second-order valence-electron chi connectivity index (χ2n) is 10.1. The minimum Gasteiger partial charge on any atom is -0.497 e. The van der Waals surface area contributed by atoms with E-state index in [1.54, 1.807) is 12.7 Å². The Balaban J connectivity index is 1.21. The van der Waals surface area contributed by atoms with Crippen molar-refractivity contribution in [2.75, 3.05) is 20.2 Å². The highest BCUT2D eigenvalue weighted by molar-refractivity contribution is 6.12. The number of imide groups is 1. The summed E-state index contributed by atoms with van der Waals surface area (Å²) >= 11 is 0. The highest BCUT2D eigenvalue weighted by atomic mass is 16.5. The third-order valence-electron chi connectivity index (χ3n) is 8.78. The predicted molar refractivity (Wildman–Crippen MR) is 120 cm³/mol. The zero-order chi connectivity index (χ0) is 21.6. The topological polar surface area (TPSA) is 58.6 Å². The van der Waals surface area contributed by atoms with Crippen molar-refractivity contribution in [3.8, 4) is 5.75 Å². The van der Waals surface area contributed by atoms with Gasteiger partial charge in [0.2, 0.25) is 0 Å². The van der Waals surface area contributed by atoms with E-state index in [1.165, 1.54) is 61.1 Å². The molecule has 1 aliphatic heterocycles. The minimum atomic E-state index is -0.175. The molecule has 0 spiro atoms. The van der Waals surface area contributed by atoms with Crippen molar-refractivity contribution in [2.45, 2.75) is 63.8 Å². The summed E-state index contributed by atoms with van der Waals surface area (Å²) < 4.78 is 5.45. The van der Waals surface area contributed by atoms with Gasteiger partial charge in [-0.3, -0.25) is 14.5 Å². The normalized spacial score (nSPS) is 33.9. The van der Waals surface area contributed by atoms with Gasteiger partial charge in [-0.25, -0.2) is 0 Å². The molecule has 4 aliphatic rings. The number of fused-ring (bicyclic) bond motifs is 5. The maximum absolute atomic E-state index is 11.7. The molecular formula is C26H34N2O3. The Morgan fingerprint density at radius 3 is 2.71 bits per heavy atom. The van der Waals surface area contributed by atoms with Crippen LogP contribution in [0.3, 0.4) is 0 Å². The SMILES string of the molecule is COc1ccc2c(c1)CCC1C2CC[C@]2(C)C(NCCCN3C(=O)C=CC3=O)CCC12. The van der Waals surface area contributed by atoms with Crippen LogP contribution in [-0.4, -0.2) is 43.0 Å². The van der Waals surface area contributed by atoms with Gasteiger partial charge in [0.15, 0.2) is 0 Å². The molecule has 5 nitrogen and oxygen atoms in total. The number of nitrogens with zero attached hydrogens (tertiary/aromatic N) is 1. The molecular weight excluding hydrogens is 388 g/mol. The number of nitrogens with one attached hydrogen (secondary N) is 1. The lowest BCUT2D eigenvalue weighted by atomic mass is 9.55. The van der Waals surface area contributed by atoms with Gasteiger partial charge in [-0.2, -0.15) is 0 Å². The third kappa shape index (κ3) is 3.51. The molecule has 2 fully saturated rings. The summed E-state index contributed by atoms with van der Waals surface area (Å²) in [6.07, 6.45) is 11.1. The summed E-state index contributed by atoms with van der Waals surface area (Å²) in [5, 5.41) is 3.82. The first kappa shape index (κ1) is 20.7. The predicted octanol–water partition coefficient (Wildman–Crippen LogP) is 3.82. The summed E-state index contributed by atoms with van der Waals surface area (Å²) in [6.45, 7) is 3.88. The number of hydrogen-bond donors (Lipinski definition) is 1. The number of amides is 2. The second kappa shape index (κ2) is 8.09. The molecule has 2 saturated carbocycles. The Bertz CT molecular complexity index is 892.